The van der Waals surface area contributed by atoms with Gasteiger partial charge in [0.15, 0.2) is 0 Å². The van der Waals surface area contributed by atoms with E-state index >= 15 is 0 Å². The van der Waals surface area contributed by atoms with Gasteiger partial charge in [0.1, 0.15) is 11.2 Å². The van der Waals surface area contributed by atoms with Crippen molar-refractivity contribution in [1.29, 1.82) is 0 Å². The maximum absolute atomic E-state index is 6.21. The minimum absolute atomic E-state index is 0.891. The van der Waals surface area contributed by atoms with Crippen molar-refractivity contribution >= 4 is 71.3 Å². The van der Waals surface area contributed by atoms with Gasteiger partial charge in [0, 0.05) is 27.8 Å². The summed E-state index contributed by atoms with van der Waals surface area (Å²) in [6, 6.07) is 67.8. The van der Waals surface area contributed by atoms with Crippen molar-refractivity contribution in [3.8, 4) is 22.3 Å². The zero-order valence-electron chi connectivity index (χ0n) is 27.3. The molecule has 0 bridgehead atoms. The summed E-state index contributed by atoms with van der Waals surface area (Å²) in [6.07, 6.45) is 0. The summed E-state index contributed by atoms with van der Waals surface area (Å²) in [5, 5.41) is 9.57. The second kappa shape index (κ2) is 11.5. The Kier molecular flexibility index (Phi) is 6.53. The summed E-state index contributed by atoms with van der Waals surface area (Å²) in [4.78, 5) is 2.36. The second-order valence-electron chi connectivity index (χ2n) is 13.0. The highest BCUT2D eigenvalue weighted by molar-refractivity contribution is 6.07. The van der Waals surface area contributed by atoms with E-state index in [2.05, 4.69) is 181 Å². The summed E-state index contributed by atoms with van der Waals surface area (Å²) < 4.78 is 6.21. The number of fused-ring (bicyclic) bond motifs is 6. The van der Waals surface area contributed by atoms with Crippen LogP contribution in [0.15, 0.2) is 192 Å². The molecule has 0 fully saturated rings. The summed E-state index contributed by atoms with van der Waals surface area (Å²) in [5.41, 5.74) is 9.91. The molecular formula is C48H31NO. The highest BCUT2D eigenvalue weighted by atomic mass is 16.3. The van der Waals surface area contributed by atoms with Gasteiger partial charge in [-0.3, -0.25) is 0 Å². The van der Waals surface area contributed by atoms with Crippen molar-refractivity contribution in [2.75, 3.05) is 4.90 Å². The maximum Gasteiger partial charge on any atom is 0.135 e. The molecule has 2 nitrogen and oxygen atoms in total. The predicted octanol–water partition coefficient (Wildman–Crippen LogP) is 13.8. The Hall–Kier alpha value is -6.64. The van der Waals surface area contributed by atoms with Gasteiger partial charge in [-0.1, -0.05) is 121 Å². The summed E-state index contributed by atoms with van der Waals surface area (Å²) in [6.45, 7) is 0. The lowest BCUT2D eigenvalue weighted by atomic mass is 9.96. The van der Waals surface area contributed by atoms with Crippen LogP contribution in [0, 0.1) is 0 Å². The number of hydrogen-bond acceptors (Lipinski definition) is 2. The summed E-state index contributed by atoms with van der Waals surface area (Å²) in [5.74, 6) is 0. The lowest BCUT2D eigenvalue weighted by molar-refractivity contribution is 0.669. The molecule has 0 unspecified atom stereocenters. The van der Waals surface area contributed by atoms with Crippen molar-refractivity contribution in [3.63, 3.8) is 0 Å². The standard InChI is InChI=1S/C48H31NO/c1-3-10-35-26-39(18-16-32(35)8-1)36-12-7-13-37(27-36)40-19-17-34-21-23-43(30-41(34)28-40)49(42-22-20-33-9-2-4-11-38(33)29-42)44-24-25-48-46(31-44)45-14-5-6-15-47(45)50-48/h1-31H. The predicted molar refractivity (Wildman–Crippen MR) is 212 cm³/mol. The number of furan rings is 1. The van der Waals surface area contributed by atoms with Gasteiger partial charge in [0.25, 0.3) is 0 Å². The third-order valence-corrected chi connectivity index (χ3v) is 9.97. The highest BCUT2D eigenvalue weighted by Crippen LogP contribution is 2.41. The van der Waals surface area contributed by atoms with Gasteiger partial charge in [-0.2, -0.15) is 0 Å². The number of anilines is 3. The third-order valence-electron chi connectivity index (χ3n) is 9.97. The SMILES string of the molecule is c1cc(-c2ccc3ccccc3c2)cc(-c2ccc3ccc(N(c4ccc5ccccc5c4)c4ccc5oc6ccccc6c5c4)cc3c2)c1. The lowest BCUT2D eigenvalue weighted by Crippen LogP contribution is -2.09. The van der Waals surface area contributed by atoms with E-state index in [9.17, 15) is 0 Å². The Morgan fingerprint density at radius 2 is 0.760 bits per heavy atom. The lowest BCUT2D eigenvalue weighted by Gasteiger charge is -2.26. The molecule has 1 heterocycles. The van der Waals surface area contributed by atoms with Crippen molar-refractivity contribution < 1.29 is 4.42 Å². The van der Waals surface area contributed by atoms with Gasteiger partial charge in [0.2, 0.25) is 0 Å². The molecule has 50 heavy (non-hydrogen) atoms. The molecule has 0 saturated heterocycles. The maximum atomic E-state index is 6.21. The van der Waals surface area contributed by atoms with Crippen LogP contribution in [0.2, 0.25) is 0 Å². The smallest absolute Gasteiger partial charge is 0.135 e. The highest BCUT2D eigenvalue weighted by Gasteiger charge is 2.17. The van der Waals surface area contributed by atoms with E-state index in [0.29, 0.717) is 0 Å². The molecule has 0 aliphatic carbocycles. The Morgan fingerprint density at radius 3 is 1.48 bits per heavy atom. The van der Waals surface area contributed by atoms with Crippen LogP contribution in [0.3, 0.4) is 0 Å². The molecule has 0 radical (unpaired) electrons. The van der Waals surface area contributed by atoms with E-state index < -0.39 is 0 Å². The van der Waals surface area contributed by atoms with E-state index in [1.807, 2.05) is 12.1 Å². The zero-order valence-corrected chi connectivity index (χ0v) is 27.3. The first kappa shape index (κ1) is 28.4. The van der Waals surface area contributed by atoms with Crippen molar-refractivity contribution in [1.82, 2.24) is 0 Å². The molecule has 0 atom stereocenters. The van der Waals surface area contributed by atoms with E-state index in [1.165, 1.54) is 54.6 Å². The normalized spacial score (nSPS) is 11.6. The number of nitrogens with zero attached hydrogens (tertiary/aromatic N) is 1. The van der Waals surface area contributed by atoms with E-state index in [-0.39, 0.29) is 0 Å². The van der Waals surface area contributed by atoms with Crippen molar-refractivity contribution in [2.24, 2.45) is 0 Å². The molecule has 0 aliphatic rings. The fourth-order valence-electron chi connectivity index (χ4n) is 7.42. The molecule has 10 aromatic rings. The Morgan fingerprint density at radius 1 is 0.280 bits per heavy atom. The third kappa shape index (κ3) is 4.89. The molecule has 2 heteroatoms. The van der Waals surface area contributed by atoms with Gasteiger partial charge in [0.05, 0.1) is 0 Å². The van der Waals surface area contributed by atoms with Crippen LogP contribution in [0.5, 0.6) is 0 Å². The molecule has 9 aromatic carbocycles. The first-order valence-corrected chi connectivity index (χ1v) is 17.1. The minimum atomic E-state index is 0.891. The van der Waals surface area contributed by atoms with E-state index in [0.717, 1.165) is 39.0 Å². The average Bonchev–Trinajstić information content (AvgIpc) is 3.56. The molecule has 10 rings (SSSR count). The number of para-hydroxylation sites is 1. The van der Waals surface area contributed by atoms with E-state index in [1.54, 1.807) is 0 Å². The van der Waals surface area contributed by atoms with Crippen LogP contribution in [-0.4, -0.2) is 0 Å². The summed E-state index contributed by atoms with van der Waals surface area (Å²) in [7, 11) is 0. The van der Waals surface area contributed by atoms with Crippen molar-refractivity contribution in [3.05, 3.63) is 188 Å². The zero-order chi connectivity index (χ0) is 33.0. The van der Waals surface area contributed by atoms with Gasteiger partial charge in [-0.15, -0.1) is 0 Å². The Labute approximate surface area is 290 Å². The van der Waals surface area contributed by atoms with Crippen LogP contribution < -0.4 is 4.90 Å². The van der Waals surface area contributed by atoms with Crippen LogP contribution in [0.1, 0.15) is 0 Å². The molecule has 1 aromatic heterocycles. The molecule has 0 amide bonds. The van der Waals surface area contributed by atoms with Crippen LogP contribution in [0.4, 0.5) is 17.1 Å². The van der Waals surface area contributed by atoms with E-state index in [4.69, 9.17) is 4.42 Å². The Balaban J connectivity index is 1.10. The van der Waals surface area contributed by atoms with Crippen LogP contribution >= 0.6 is 0 Å². The fraction of sp³-hybridized carbons (Fsp3) is 0. The molecule has 0 spiro atoms. The molecule has 0 saturated carbocycles. The topological polar surface area (TPSA) is 16.4 Å². The van der Waals surface area contributed by atoms with Crippen LogP contribution in [0.25, 0.3) is 76.5 Å². The Bertz CT molecular complexity index is 2900. The van der Waals surface area contributed by atoms with Crippen molar-refractivity contribution in [2.45, 2.75) is 0 Å². The monoisotopic (exact) mass is 637 g/mol. The second-order valence-corrected chi connectivity index (χ2v) is 13.0. The van der Waals surface area contributed by atoms with Gasteiger partial charge >= 0.3 is 0 Å². The molecule has 0 aliphatic heterocycles. The number of hydrogen-bond donors (Lipinski definition) is 0. The minimum Gasteiger partial charge on any atom is -0.456 e. The fourth-order valence-corrected chi connectivity index (χ4v) is 7.42. The van der Waals surface area contributed by atoms with Gasteiger partial charge in [-0.05, 0) is 121 Å². The average molecular weight is 638 g/mol. The van der Waals surface area contributed by atoms with Gasteiger partial charge < -0.3 is 9.32 Å². The molecular weight excluding hydrogens is 607 g/mol. The molecule has 0 N–H and O–H groups in total. The molecule has 234 valence electrons. The number of rotatable bonds is 5. The first-order chi connectivity index (χ1) is 24.7. The summed E-state index contributed by atoms with van der Waals surface area (Å²) >= 11 is 0. The first-order valence-electron chi connectivity index (χ1n) is 17.1. The quantitative estimate of drug-likeness (QED) is 0.187. The van der Waals surface area contributed by atoms with Gasteiger partial charge in [-0.25, -0.2) is 0 Å². The number of benzene rings is 9. The van der Waals surface area contributed by atoms with Crippen LogP contribution in [-0.2, 0) is 0 Å². The largest absolute Gasteiger partial charge is 0.456 e.